The lowest BCUT2D eigenvalue weighted by molar-refractivity contribution is -0.138. The topological polar surface area (TPSA) is 78.2 Å². The van der Waals surface area contributed by atoms with Gasteiger partial charge in [0.15, 0.2) is 10.7 Å². The predicted molar refractivity (Wildman–Crippen MR) is 85.2 cm³/mol. The van der Waals surface area contributed by atoms with Gasteiger partial charge in [0.05, 0.1) is 12.3 Å². The summed E-state index contributed by atoms with van der Waals surface area (Å²) in [5.41, 5.74) is 0.951. The largest absolute Gasteiger partial charge is 0.462 e. The van der Waals surface area contributed by atoms with Crippen LogP contribution < -0.4 is 5.32 Å². The van der Waals surface area contributed by atoms with Crippen LogP contribution in [-0.2, 0) is 16.1 Å². The summed E-state index contributed by atoms with van der Waals surface area (Å²) in [7, 11) is 0. The number of piperidine rings is 1. The number of hydrogen-bond donors (Lipinski definition) is 1. The van der Waals surface area contributed by atoms with E-state index in [9.17, 15) is 4.79 Å². The van der Waals surface area contributed by atoms with Crippen LogP contribution in [0.3, 0.4) is 0 Å². The highest BCUT2D eigenvalue weighted by Gasteiger charge is 2.13. The Morgan fingerprint density at radius 2 is 2.32 bits per heavy atom. The number of anilines is 1. The van der Waals surface area contributed by atoms with Crippen LogP contribution in [0.4, 0.5) is 5.13 Å². The number of carbonyl (C=O) groups is 1. The normalized spacial score (nSPS) is 16.1. The van der Waals surface area contributed by atoms with Crippen molar-refractivity contribution in [3.63, 3.8) is 0 Å². The number of rotatable bonds is 6. The number of hydrogen-bond acceptors (Lipinski definition) is 7. The highest BCUT2D eigenvalue weighted by Crippen LogP contribution is 2.19. The van der Waals surface area contributed by atoms with Crippen LogP contribution in [-0.4, -0.2) is 35.5 Å². The molecule has 1 aromatic heterocycles. The maximum atomic E-state index is 11.5. The van der Waals surface area contributed by atoms with Crippen LogP contribution in [0.15, 0.2) is 17.2 Å². The summed E-state index contributed by atoms with van der Waals surface area (Å²) in [6.07, 6.45) is 5.17. The van der Waals surface area contributed by atoms with E-state index in [0.717, 1.165) is 25.3 Å². The minimum absolute atomic E-state index is 0.0605. The average molecular weight is 320 g/mol. The number of esters is 1. The highest BCUT2D eigenvalue weighted by molar-refractivity contribution is 7.13. The molecule has 7 heteroatoms. The van der Waals surface area contributed by atoms with Crippen LogP contribution in [0.2, 0.25) is 0 Å². The Hall–Kier alpha value is -1.91. The molecule has 0 amide bonds. The van der Waals surface area contributed by atoms with E-state index >= 15 is 0 Å². The molecule has 1 N–H and O–H groups in total. The summed E-state index contributed by atoms with van der Waals surface area (Å²) in [5.74, 6) is -0.623. The molecule has 0 unspecified atom stereocenters. The molecule has 0 aliphatic carbocycles. The number of carbonyl (C=O) groups excluding carboxylic acids is 1. The van der Waals surface area contributed by atoms with E-state index in [1.807, 2.05) is 11.4 Å². The molecule has 22 heavy (non-hydrogen) atoms. The SMILES string of the molecule is CCOC(=O)/C(C#N)=C/Nc1nc(CN2CCCCC2)cs1. The van der Waals surface area contributed by atoms with Crippen molar-refractivity contribution in [1.82, 2.24) is 9.88 Å². The Kier molecular flexibility index (Phi) is 6.37. The number of nitriles is 1. The van der Waals surface area contributed by atoms with Gasteiger partial charge in [-0.15, -0.1) is 11.3 Å². The van der Waals surface area contributed by atoms with Crippen molar-refractivity contribution in [2.24, 2.45) is 0 Å². The molecule has 6 nitrogen and oxygen atoms in total. The molecule has 0 radical (unpaired) electrons. The second-order valence-electron chi connectivity index (χ2n) is 5.02. The number of nitrogens with one attached hydrogen (secondary N) is 1. The Morgan fingerprint density at radius 1 is 1.55 bits per heavy atom. The molecule has 1 fully saturated rings. The van der Waals surface area contributed by atoms with Crippen molar-refractivity contribution in [2.75, 3.05) is 25.0 Å². The van der Waals surface area contributed by atoms with E-state index in [4.69, 9.17) is 10.00 Å². The van der Waals surface area contributed by atoms with Crippen molar-refractivity contribution in [2.45, 2.75) is 32.7 Å². The summed E-state index contributed by atoms with van der Waals surface area (Å²) in [5, 5.41) is 14.5. The van der Waals surface area contributed by atoms with Crippen molar-refractivity contribution in [1.29, 1.82) is 5.26 Å². The molecule has 118 valence electrons. The Labute approximate surface area is 134 Å². The van der Waals surface area contributed by atoms with Crippen molar-refractivity contribution >= 4 is 22.4 Å². The lowest BCUT2D eigenvalue weighted by atomic mass is 10.1. The predicted octanol–water partition coefficient (Wildman–Crippen LogP) is 2.51. The first-order valence-electron chi connectivity index (χ1n) is 7.43. The zero-order valence-corrected chi connectivity index (χ0v) is 13.5. The lowest BCUT2D eigenvalue weighted by Gasteiger charge is -2.25. The summed E-state index contributed by atoms with van der Waals surface area (Å²) < 4.78 is 4.80. The molecule has 1 aliphatic heterocycles. The van der Waals surface area contributed by atoms with Gasteiger partial charge in [0, 0.05) is 18.1 Å². The van der Waals surface area contributed by atoms with Gasteiger partial charge in [-0.25, -0.2) is 9.78 Å². The maximum absolute atomic E-state index is 11.5. The molecule has 2 heterocycles. The van der Waals surface area contributed by atoms with Gasteiger partial charge in [-0.05, 0) is 32.9 Å². The first-order valence-corrected chi connectivity index (χ1v) is 8.31. The highest BCUT2D eigenvalue weighted by atomic mass is 32.1. The van der Waals surface area contributed by atoms with Crippen LogP contribution >= 0.6 is 11.3 Å². The molecule has 0 spiro atoms. The summed E-state index contributed by atoms with van der Waals surface area (Å²) in [6.45, 7) is 5.05. The second-order valence-corrected chi connectivity index (χ2v) is 5.87. The first-order chi connectivity index (χ1) is 10.7. The molecule has 0 saturated carbocycles. The minimum atomic E-state index is -0.623. The van der Waals surface area contributed by atoms with Crippen molar-refractivity contribution < 1.29 is 9.53 Å². The molecular weight excluding hydrogens is 300 g/mol. The minimum Gasteiger partial charge on any atom is -0.462 e. The van der Waals surface area contributed by atoms with Crippen molar-refractivity contribution in [3.05, 3.63) is 22.8 Å². The Morgan fingerprint density at radius 3 is 3.00 bits per heavy atom. The third-order valence-electron chi connectivity index (χ3n) is 3.34. The molecule has 1 aromatic rings. The Bertz CT molecular complexity index is 570. The smallest absolute Gasteiger partial charge is 0.350 e. The lowest BCUT2D eigenvalue weighted by Crippen LogP contribution is -2.29. The second kappa shape index (κ2) is 8.51. The molecule has 0 atom stereocenters. The Balaban J connectivity index is 1.90. The molecule has 1 saturated heterocycles. The van der Waals surface area contributed by atoms with E-state index in [0.29, 0.717) is 5.13 Å². The molecule has 2 rings (SSSR count). The summed E-state index contributed by atoms with van der Waals surface area (Å²) >= 11 is 1.46. The van der Waals surface area contributed by atoms with E-state index in [-0.39, 0.29) is 12.2 Å². The molecular formula is C15H20N4O2S. The van der Waals surface area contributed by atoms with Gasteiger partial charge >= 0.3 is 5.97 Å². The monoisotopic (exact) mass is 320 g/mol. The number of ether oxygens (including phenoxy) is 1. The molecule has 0 bridgehead atoms. The van der Waals surface area contributed by atoms with Gasteiger partial charge in [0.1, 0.15) is 6.07 Å². The fourth-order valence-corrected chi connectivity index (χ4v) is 2.94. The fourth-order valence-electron chi connectivity index (χ4n) is 2.27. The average Bonchev–Trinajstić information content (AvgIpc) is 2.97. The van der Waals surface area contributed by atoms with Gasteiger partial charge in [-0.2, -0.15) is 5.26 Å². The standard InChI is InChI=1S/C15H20N4O2S/c1-2-21-14(20)12(8-16)9-17-15-18-13(11-22-15)10-19-6-4-3-5-7-19/h9,11H,2-7,10H2,1H3,(H,17,18)/b12-9+. The maximum Gasteiger partial charge on any atom is 0.350 e. The van der Waals surface area contributed by atoms with Gasteiger partial charge in [-0.1, -0.05) is 6.42 Å². The van der Waals surface area contributed by atoms with Crippen LogP contribution in [0, 0.1) is 11.3 Å². The first kappa shape index (κ1) is 16.5. The number of likely N-dealkylation sites (tertiary alicyclic amines) is 1. The van der Waals surface area contributed by atoms with E-state index in [1.165, 1.54) is 36.8 Å². The number of nitrogens with zero attached hydrogens (tertiary/aromatic N) is 3. The van der Waals surface area contributed by atoms with E-state index in [2.05, 4.69) is 15.2 Å². The zero-order chi connectivity index (χ0) is 15.8. The van der Waals surface area contributed by atoms with Crippen LogP contribution in [0.5, 0.6) is 0 Å². The third kappa shape index (κ3) is 4.83. The van der Waals surface area contributed by atoms with Gasteiger partial charge in [0.2, 0.25) is 0 Å². The zero-order valence-electron chi connectivity index (χ0n) is 12.7. The molecule has 0 aromatic carbocycles. The van der Waals surface area contributed by atoms with Gasteiger partial charge in [-0.3, -0.25) is 4.90 Å². The third-order valence-corrected chi connectivity index (χ3v) is 4.16. The quantitative estimate of drug-likeness (QED) is 0.493. The number of aromatic nitrogens is 1. The number of thiazole rings is 1. The fraction of sp³-hybridized carbons (Fsp3) is 0.533. The van der Waals surface area contributed by atoms with Crippen molar-refractivity contribution in [3.8, 4) is 6.07 Å². The van der Waals surface area contributed by atoms with E-state index in [1.54, 1.807) is 6.92 Å². The van der Waals surface area contributed by atoms with E-state index < -0.39 is 5.97 Å². The summed E-state index contributed by atoms with van der Waals surface area (Å²) in [6, 6.07) is 1.82. The molecule has 1 aliphatic rings. The van der Waals surface area contributed by atoms with Crippen LogP contribution in [0.25, 0.3) is 0 Å². The summed E-state index contributed by atoms with van der Waals surface area (Å²) in [4.78, 5) is 18.4. The van der Waals surface area contributed by atoms with Gasteiger partial charge < -0.3 is 10.1 Å². The van der Waals surface area contributed by atoms with Gasteiger partial charge in [0.25, 0.3) is 0 Å². The van der Waals surface area contributed by atoms with Crippen LogP contribution in [0.1, 0.15) is 31.9 Å².